The molecule has 0 N–H and O–H groups in total. The molecular weight excluding hydrogens is 550 g/mol. The summed E-state index contributed by atoms with van der Waals surface area (Å²) in [6, 6.07) is 18.9. The van der Waals surface area contributed by atoms with Gasteiger partial charge in [-0.25, -0.2) is 0 Å². The summed E-state index contributed by atoms with van der Waals surface area (Å²) in [5, 5.41) is 0. The molecule has 1 aliphatic heterocycles. The average molecular weight is 572 g/mol. The molecule has 0 spiro atoms. The summed E-state index contributed by atoms with van der Waals surface area (Å²) in [4.78, 5) is 38.8. The van der Waals surface area contributed by atoms with E-state index >= 15 is 0 Å². The average Bonchev–Trinajstić information content (AvgIpc) is 3.25. The molecule has 1 atom stereocenters. The van der Waals surface area contributed by atoms with Gasteiger partial charge < -0.3 is 13.8 Å². The third-order valence-electron chi connectivity index (χ3n) is 5.63. The molecule has 3 aromatic carbocycles. The Balaban J connectivity index is 1.31. The number of hydrogen-bond acceptors (Lipinski definition) is 7. The zero-order valence-electron chi connectivity index (χ0n) is 19.2. The minimum absolute atomic E-state index is 0.00454. The fourth-order valence-electron chi connectivity index (χ4n) is 3.65. The van der Waals surface area contributed by atoms with E-state index in [2.05, 4.69) is 15.9 Å². The fourth-order valence-corrected chi connectivity index (χ4v) is 4.84. The molecule has 1 fully saturated rings. The number of Topliss-reactive ketones (excluding diaryl/α,β-unsaturated/α-hetero) is 1. The van der Waals surface area contributed by atoms with Crippen molar-refractivity contribution in [1.29, 1.82) is 0 Å². The zero-order chi connectivity index (χ0) is 25.9. The quantitative estimate of drug-likeness (QED) is 0.225. The van der Waals surface area contributed by atoms with Gasteiger partial charge in [-0.2, -0.15) is 8.42 Å². The van der Waals surface area contributed by atoms with Crippen LogP contribution in [0, 0.1) is 12.8 Å². The lowest BCUT2D eigenvalue weighted by Gasteiger charge is -2.16. The molecule has 36 heavy (non-hydrogen) atoms. The number of carbonyl (C=O) groups is 3. The molecule has 0 aromatic heterocycles. The van der Waals surface area contributed by atoms with Crippen molar-refractivity contribution in [3.63, 3.8) is 0 Å². The highest BCUT2D eigenvalue weighted by Gasteiger charge is 2.36. The van der Waals surface area contributed by atoms with Crippen molar-refractivity contribution in [2.24, 2.45) is 5.92 Å². The lowest BCUT2D eigenvalue weighted by Crippen LogP contribution is -2.27. The maximum atomic E-state index is 12.5. The zero-order valence-corrected chi connectivity index (χ0v) is 21.6. The molecule has 4 rings (SSSR count). The predicted octanol–water partition coefficient (Wildman–Crippen LogP) is 4.30. The smallest absolute Gasteiger partial charge is 0.339 e. The molecule has 0 saturated carbocycles. The van der Waals surface area contributed by atoms with E-state index in [1.807, 2.05) is 6.92 Å². The van der Waals surface area contributed by atoms with Gasteiger partial charge in [-0.05, 0) is 67.6 Å². The minimum atomic E-state index is -4.01. The van der Waals surface area contributed by atoms with E-state index in [4.69, 9.17) is 8.92 Å². The summed E-state index contributed by atoms with van der Waals surface area (Å²) in [5.41, 5.74) is 1.82. The van der Waals surface area contributed by atoms with Gasteiger partial charge in [0.15, 0.2) is 12.4 Å². The second kappa shape index (κ2) is 10.6. The number of benzene rings is 3. The van der Waals surface area contributed by atoms with E-state index in [-0.39, 0.29) is 35.1 Å². The van der Waals surface area contributed by atoms with Crippen LogP contribution in [0.2, 0.25) is 0 Å². The number of anilines is 1. The first kappa shape index (κ1) is 25.6. The number of hydrogen-bond donors (Lipinski definition) is 0. The molecule has 186 valence electrons. The minimum Gasteiger partial charge on any atom is -0.457 e. The Morgan fingerprint density at radius 1 is 0.972 bits per heavy atom. The van der Waals surface area contributed by atoms with Crippen LogP contribution in [0.3, 0.4) is 0 Å². The summed E-state index contributed by atoms with van der Waals surface area (Å²) in [6.07, 6.45) is 0.00454. The Bertz CT molecular complexity index is 1390. The third kappa shape index (κ3) is 6.00. The Hall–Kier alpha value is -3.50. The van der Waals surface area contributed by atoms with Crippen molar-refractivity contribution < 1.29 is 31.7 Å². The molecule has 1 aliphatic rings. The number of nitrogens with zero attached hydrogens (tertiary/aromatic N) is 1. The lowest BCUT2D eigenvalue weighted by atomic mass is 10.1. The number of rotatable bonds is 8. The molecule has 1 saturated heterocycles. The molecule has 0 radical (unpaired) electrons. The van der Waals surface area contributed by atoms with E-state index in [0.29, 0.717) is 5.69 Å². The van der Waals surface area contributed by atoms with E-state index in [1.165, 1.54) is 41.3 Å². The van der Waals surface area contributed by atoms with Crippen molar-refractivity contribution >= 4 is 49.4 Å². The molecule has 0 unspecified atom stereocenters. The Morgan fingerprint density at radius 3 is 2.25 bits per heavy atom. The molecule has 1 amide bonds. The van der Waals surface area contributed by atoms with Gasteiger partial charge in [-0.15, -0.1) is 0 Å². The standard InChI is InChI=1S/C26H22BrNO7S/c1-17-2-12-23(13-3-17)36(32,33)35-22-10-4-18(5-11-22)24(29)16-34-26(31)19-14-25(30)28(15-19)21-8-6-20(27)7-9-21/h2-13,19H,14-16H2,1H3/t19-/m0/s1. The van der Waals surface area contributed by atoms with Crippen LogP contribution >= 0.6 is 15.9 Å². The maximum absolute atomic E-state index is 12.5. The van der Waals surface area contributed by atoms with Crippen LogP contribution < -0.4 is 9.08 Å². The summed E-state index contributed by atoms with van der Waals surface area (Å²) in [6.45, 7) is 1.52. The van der Waals surface area contributed by atoms with Gasteiger partial charge >= 0.3 is 16.1 Å². The predicted molar refractivity (Wildman–Crippen MR) is 135 cm³/mol. The Morgan fingerprint density at radius 2 is 1.61 bits per heavy atom. The number of aryl methyl sites for hydroxylation is 1. The van der Waals surface area contributed by atoms with Gasteiger partial charge in [-0.3, -0.25) is 14.4 Å². The van der Waals surface area contributed by atoms with Gasteiger partial charge in [0.2, 0.25) is 5.91 Å². The second-order valence-electron chi connectivity index (χ2n) is 8.29. The van der Waals surface area contributed by atoms with Gasteiger partial charge in [-0.1, -0.05) is 33.6 Å². The largest absolute Gasteiger partial charge is 0.457 e. The van der Waals surface area contributed by atoms with E-state index in [9.17, 15) is 22.8 Å². The van der Waals surface area contributed by atoms with E-state index < -0.39 is 34.4 Å². The van der Waals surface area contributed by atoms with Crippen LogP contribution in [0.5, 0.6) is 5.75 Å². The van der Waals surface area contributed by atoms with Crippen molar-refractivity contribution in [2.45, 2.75) is 18.2 Å². The van der Waals surface area contributed by atoms with Gasteiger partial charge in [0.05, 0.1) is 5.92 Å². The van der Waals surface area contributed by atoms with Crippen LogP contribution in [-0.2, 0) is 24.4 Å². The molecule has 1 heterocycles. The van der Waals surface area contributed by atoms with Gasteiger partial charge in [0, 0.05) is 28.7 Å². The van der Waals surface area contributed by atoms with Crippen molar-refractivity contribution in [1.82, 2.24) is 0 Å². The number of ketones is 1. The van der Waals surface area contributed by atoms with Crippen LogP contribution in [0.25, 0.3) is 0 Å². The highest BCUT2D eigenvalue weighted by molar-refractivity contribution is 9.10. The summed E-state index contributed by atoms with van der Waals surface area (Å²) < 4.78 is 36.0. The van der Waals surface area contributed by atoms with Crippen molar-refractivity contribution in [2.75, 3.05) is 18.1 Å². The number of halogens is 1. The summed E-state index contributed by atoms with van der Waals surface area (Å²) >= 11 is 3.34. The van der Waals surface area contributed by atoms with Crippen LogP contribution in [0.1, 0.15) is 22.3 Å². The topological polar surface area (TPSA) is 107 Å². The first-order valence-corrected chi connectivity index (χ1v) is 13.2. The van der Waals surface area contributed by atoms with Gasteiger partial charge in [0.25, 0.3) is 0 Å². The highest BCUT2D eigenvalue weighted by atomic mass is 79.9. The van der Waals surface area contributed by atoms with Crippen LogP contribution in [0.4, 0.5) is 5.69 Å². The Kier molecular flexibility index (Phi) is 7.56. The van der Waals surface area contributed by atoms with Crippen LogP contribution in [-0.4, -0.2) is 39.2 Å². The van der Waals surface area contributed by atoms with E-state index in [1.54, 1.807) is 36.4 Å². The van der Waals surface area contributed by atoms with E-state index in [0.717, 1.165) is 10.0 Å². The number of carbonyl (C=O) groups excluding carboxylic acids is 3. The molecule has 0 bridgehead atoms. The SMILES string of the molecule is Cc1ccc(S(=O)(=O)Oc2ccc(C(=O)COC(=O)[C@H]3CC(=O)N(c4ccc(Br)cc4)C3)cc2)cc1. The second-order valence-corrected chi connectivity index (χ2v) is 10.7. The summed E-state index contributed by atoms with van der Waals surface area (Å²) in [5.74, 6) is -1.91. The third-order valence-corrected chi connectivity index (χ3v) is 7.42. The lowest BCUT2D eigenvalue weighted by molar-refractivity contribution is -0.147. The molecule has 0 aliphatic carbocycles. The number of ether oxygens (including phenoxy) is 1. The van der Waals surface area contributed by atoms with Crippen LogP contribution in [0.15, 0.2) is 82.2 Å². The molecule has 8 nitrogen and oxygen atoms in total. The van der Waals surface area contributed by atoms with Crippen molar-refractivity contribution in [3.05, 3.63) is 88.4 Å². The van der Waals surface area contributed by atoms with Crippen molar-refractivity contribution in [3.8, 4) is 5.75 Å². The maximum Gasteiger partial charge on any atom is 0.339 e. The Labute approximate surface area is 217 Å². The first-order valence-electron chi connectivity index (χ1n) is 11.0. The fraction of sp³-hybridized carbons (Fsp3) is 0.192. The number of amides is 1. The molecule has 10 heteroatoms. The monoisotopic (exact) mass is 571 g/mol. The molecular formula is C26H22BrNO7S. The normalized spacial score (nSPS) is 15.6. The molecule has 3 aromatic rings. The highest BCUT2D eigenvalue weighted by Crippen LogP contribution is 2.27. The first-order chi connectivity index (χ1) is 17.1. The summed E-state index contributed by atoms with van der Waals surface area (Å²) in [7, 11) is -4.01. The van der Waals surface area contributed by atoms with Gasteiger partial charge in [0.1, 0.15) is 10.6 Å². The number of esters is 1.